The number of allylic oxidation sites excluding steroid dienone is 8. The lowest BCUT2D eigenvalue weighted by Gasteiger charge is -2.31. The average Bonchev–Trinajstić information content (AvgIpc) is 3.49. The van der Waals surface area contributed by atoms with Crippen molar-refractivity contribution in [2.24, 2.45) is 0 Å². The molecule has 0 radical (unpaired) electrons. The van der Waals surface area contributed by atoms with E-state index in [1.807, 2.05) is 54.6 Å². The fraction of sp³-hybridized carbons (Fsp3) is 0.450. The molecule has 0 saturated carbocycles. The third-order valence-electron chi connectivity index (χ3n) is 11.4. The number of unbranched alkanes of at least 4 members (excludes halogenated alkanes) is 1. The van der Waals surface area contributed by atoms with Crippen LogP contribution in [0.1, 0.15) is 89.7 Å². The summed E-state index contributed by atoms with van der Waals surface area (Å²) in [6.07, 6.45) is 10.8. The van der Waals surface area contributed by atoms with E-state index in [2.05, 4.69) is 15.9 Å². The van der Waals surface area contributed by atoms with Crippen molar-refractivity contribution in [1.29, 1.82) is 0 Å². The number of aliphatic carboxylic acids is 1. The Morgan fingerprint density at radius 1 is 0.787 bits per heavy atom. The van der Waals surface area contributed by atoms with Crippen molar-refractivity contribution in [3.63, 3.8) is 0 Å². The van der Waals surface area contributed by atoms with Gasteiger partial charge in [-0.2, -0.15) is 38.2 Å². The Morgan fingerprint density at radius 2 is 1.39 bits per heavy atom. The monoisotopic (exact) mass is 989 g/mol. The minimum absolute atomic E-state index is 0.0167. The first-order chi connectivity index (χ1) is 28.1. The van der Waals surface area contributed by atoms with Crippen molar-refractivity contribution in [2.75, 3.05) is 29.5 Å². The Kier molecular flexibility index (Phi) is 14.5. The zero-order valence-corrected chi connectivity index (χ0v) is 38.6. The van der Waals surface area contributed by atoms with Crippen LogP contribution in [0.15, 0.2) is 91.8 Å². The van der Waals surface area contributed by atoms with Crippen LogP contribution in [-0.4, -0.2) is 97.8 Å². The van der Waals surface area contributed by atoms with Gasteiger partial charge in [-0.3, -0.25) is 23.0 Å². The highest BCUT2D eigenvalue weighted by Crippen LogP contribution is 2.52. The van der Waals surface area contributed by atoms with Gasteiger partial charge < -0.3 is 10.0 Å². The van der Waals surface area contributed by atoms with E-state index < -0.39 is 68.8 Å². The molecule has 2 heterocycles. The molecule has 2 aliphatic heterocycles. The van der Waals surface area contributed by atoms with Crippen molar-refractivity contribution in [3.05, 3.63) is 93.2 Å². The molecule has 0 fully saturated rings. The molecule has 3 aliphatic rings. The molecule has 2 aromatic carbocycles. The van der Waals surface area contributed by atoms with Crippen LogP contribution < -0.4 is 4.90 Å². The normalized spacial score (nSPS) is 21.0. The number of halogens is 1. The number of benzene rings is 2. The molecule has 5 N–H and O–H groups in total. The van der Waals surface area contributed by atoms with Gasteiger partial charge >= 0.3 is 5.97 Å². The standard InChI is InChI=1S/C40H49BrN2O14S4/c1-39(2)31-25-29(60(52,53)54)14-16-33(31)42(21-7-23-58(46,47)48)35(39)18-12-27-9-6-10-28(38(27)41)13-19-36-40(3,20-5-4-11-37(44)45)32-26-30(61(55,56)57)15-17-34(32)43(36)22-8-24-59(49,50)51/h12-19,25-26H,4-11,20-24H2,1-3H3,(H4-,44,45,46,47,48,49,50,51,52,53,54,55,56,57)/p+1. The molecule has 5 rings (SSSR count). The maximum absolute atomic E-state index is 12.3. The van der Waals surface area contributed by atoms with Gasteiger partial charge in [-0.1, -0.05) is 34.5 Å². The first-order valence-corrected chi connectivity index (χ1v) is 26.3. The number of carbonyl (C=O) groups is 1. The number of carboxylic acid groups (broad SMARTS) is 1. The summed E-state index contributed by atoms with van der Waals surface area (Å²) in [4.78, 5) is 12.6. The van der Waals surface area contributed by atoms with Crippen molar-refractivity contribution in [2.45, 2.75) is 99.2 Å². The number of anilines is 1. The lowest BCUT2D eigenvalue weighted by molar-refractivity contribution is -0.437. The molecule has 2 aromatic rings. The summed E-state index contributed by atoms with van der Waals surface area (Å²) in [6.45, 7) is 5.92. The maximum Gasteiger partial charge on any atom is 0.303 e. The summed E-state index contributed by atoms with van der Waals surface area (Å²) in [5.74, 6) is -1.99. The molecule has 0 saturated heterocycles. The molecule has 16 nitrogen and oxygen atoms in total. The van der Waals surface area contributed by atoms with Gasteiger partial charge in [-0.15, -0.1) is 0 Å². The molecule has 0 bridgehead atoms. The molecule has 1 aliphatic carbocycles. The van der Waals surface area contributed by atoms with Crippen molar-refractivity contribution in [1.82, 2.24) is 0 Å². The number of carboxylic acids is 1. The maximum atomic E-state index is 12.3. The van der Waals surface area contributed by atoms with Crippen LogP contribution in [0.3, 0.4) is 0 Å². The number of fused-ring (bicyclic) bond motifs is 2. The van der Waals surface area contributed by atoms with E-state index in [-0.39, 0.29) is 42.1 Å². The van der Waals surface area contributed by atoms with E-state index in [0.29, 0.717) is 66.0 Å². The van der Waals surface area contributed by atoms with Crippen LogP contribution in [0.25, 0.3) is 0 Å². The topological polar surface area (TPSA) is 261 Å². The molecule has 0 spiro atoms. The molecular formula is C40H50BrN2O14S4+. The Morgan fingerprint density at radius 3 is 2.00 bits per heavy atom. The molecule has 1 unspecified atom stereocenters. The zero-order chi connectivity index (χ0) is 45.3. The highest BCUT2D eigenvalue weighted by molar-refractivity contribution is 9.12. The predicted octanol–water partition coefficient (Wildman–Crippen LogP) is 6.73. The third kappa shape index (κ3) is 11.5. The van der Waals surface area contributed by atoms with Gasteiger partial charge in [0, 0.05) is 58.4 Å². The van der Waals surface area contributed by atoms with Gasteiger partial charge in [0.15, 0.2) is 5.71 Å². The Bertz CT molecular complexity index is 2720. The highest BCUT2D eigenvalue weighted by atomic mass is 79.9. The Hall–Kier alpha value is -3.54. The van der Waals surface area contributed by atoms with Gasteiger partial charge in [0.25, 0.3) is 40.5 Å². The number of nitrogens with zero attached hydrogens (tertiary/aromatic N) is 2. The van der Waals surface area contributed by atoms with Crippen LogP contribution in [0.5, 0.6) is 0 Å². The van der Waals surface area contributed by atoms with Crippen LogP contribution in [0.4, 0.5) is 11.4 Å². The van der Waals surface area contributed by atoms with Crippen LogP contribution >= 0.6 is 15.9 Å². The number of hydrogen-bond acceptors (Lipinski definition) is 10. The van der Waals surface area contributed by atoms with E-state index in [1.165, 1.54) is 30.3 Å². The van der Waals surface area contributed by atoms with Gasteiger partial charge in [-0.05, 0) is 112 Å². The van der Waals surface area contributed by atoms with Gasteiger partial charge in [0.2, 0.25) is 5.69 Å². The lowest BCUT2D eigenvalue weighted by atomic mass is 9.77. The van der Waals surface area contributed by atoms with Crippen LogP contribution in [0.2, 0.25) is 0 Å². The van der Waals surface area contributed by atoms with Crippen LogP contribution in [0, 0.1) is 0 Å². The molecule has 21 heteroatoms. The largest absolute Gasteiger partial charge is 0.481 e. The van der Waals surface area contributed by atoms with E-state index >= 15 is 0 Å². The van der Waals surface area contributed by atoms with Crippen molar-refractivity contribution in [3.8, 4) is 0 Å². The highest BCUT2D eigenvalue weighted by Gasteiger charge is 2.46. The second-order valence-electron chi connectivity index (χ2n) is 16.1. The van der Waals surface area contributed by atoms with Crippen LogP contribution in [-0.2, 0) is 56.1 Å². The summed E-state index contributed by atoms with van der Waals surface area (Å²) in [5.41, 5.74) is 3.75. The molecular weight excluding hydrogens is 941 g/mol. The zero-order valence-electron chi connectivity index (χ0n) is 33.8. The average molecular weight is 991 g/mol. The van der Waals surface area contributed by atoms with Gasteiger partial charge in [0.05, 0.1) is 26.7 Å². The third-order valence-corrected chi connectivity index (χ3v) is 15.7. The number of rotatable bonds is 18. The van der Waals surface area contributed by atoms with Crippen molar-refractivity contribution < 1.29 is 66.4 Å². The Balaban J connectivity index is 1.59. The van der Waals surface area contributed by atoms with Gasteiger partial charge in [-0.25, -0.2) is 0 Å². The summed E-state index contributed by atoms with van der Waals surface area (Å²) >= 11 is 3.80. The first kappa shape index (κ1) is 48.5. The predicted molar refractivity (Wildman–Crippen MR) is 233 cm³/mol. The second-order valence-corrected chi connectivity index (χ2v) is 22.9. The minimum atomic E-state index is -4.61. The fourth-order valence-corrected chi connectivity index (χ4v) is 11.0. The SMILES string of the molecule is CC1(C)C(/C=C/C2=C(Br)C(=C/C=C3/N(CCCS(=O)(=O)O)c4ccc(S(=O)(=O)O)cc4C3(C)CCCCC(=O)O)/CCC2)=[N+](CCCS(=O)(=O)O)c2ccc(S(=O)(=O)O)cc21. The summed E-state index contributed by atoms with van der Waals surface area (Å²) in [6, 6.07) is 8.37. The quantitative estimate of drug-likeness (QED) is 0.0589. The number of hydrogen-bond donors (Lipinski definition) is 5. The Labute approximate surface area is 365 Å². The molecule has 334 valence electrons. The molecule has 61 heavy (non-hydrogen) atoms. The summed E-state index contributed by atoms with van der Waals surface area (Å²) in [7, 11) is -17.7. The second kappa shape index (κ2) is 18.3. The van der Waals surface area contributed by atoms with E-state index in [0.717, 1.165) is 22.0 Å². The lowest BCUT2D eigenvalue weighted by Crippen LogP contribution is -2.30. The molecule has 0 amide bonds. The molecule has 0 aromatic heterocycles. The molecule has 1 atom stereocenters. The fourth-order valence-electron chi connectivity index (χ4n) is 8.38. The van der Waals surface area contributed by atoms with E-state index in [9.17, 15) is 61.8 Å². The first-order valence-electron chi connectivity index (χ1n) is 19.4. The summed E-state index contributed by atoms with van der Waals surface area (Å²) < 4.78 is 137. The van der Waals surface area contributed by atoms with E-state index in [1.54, 1.807) is 6.07 Å². The van der Waals surface area contributed by atoms with Crippen molar-refractivity contribution >= 4 is 79.5 Å². The van der Waals surface area contributed by atoms with Gasteiger partial charge in [0.1, 0.15) is 6.54 Å². The summed E-state index contributed by atoms with van der Waals surface area (Å²) in [5, 5.41) is 9.30. The smallest absolute Gasteiger partial charge is 0.303 e. The van der Waals surface area contributed by atoms with E-state index in [4.69, 9.17) is 0 Å². The minimum Gasteiger partial charge on any atom is -0.481 e.